The molecular weight excluding hydrogens is 298 g/mol. The van der Waals surface area contributed by atoms with Gasteiger partial charge in [-0.25, -0.2) is 0 Å². The highest BCUT2D eigenvalue weighted by Gasteiger charge is 2.19. The van der Waals surface area contributed by atoms with Crippen LogP contribution < -0.4 is 5.32 Å². The van der Waals surface area contributed by atoms with E-state index < -0.39 is 0 Å². The van der Waals surface area contributed by atoms with Crippen LogP contribution in [0.2, 0.25) is 0 Å². The van der Waals surface area contributed by atoms with Crippen LogP contribution in [-0.2, 0) is 4.74 Å². The standard InChI is InChI=1S/C13H22BrNOS/c1-4-8-15-13(10(2)7-9-16-3)11-5-6-12(14)17-11/h5-6,10,13,15H,4,7-9H2,1-3H3. The Balaban J connectivity index is 2.65. The molecule has 98 valence electrons. The van der Waals surface area contributed by atoms with Crippen LogP contribution in [0.3, 0.4) is 0 Å². The molecule has 2 unspecified atom stereocenters. The molecule has 1 heterocycles. The predicted molar refractivity (Wildman–Crippen MR) is 78.7 cm³/mol. The van der Waals surface area contributed by atoms with Crippen molar-refractivity contribution in [3.05, 3.63) is 20.8 Å². The molecule has 0 spiro atoms. The summed E-state index contributed by atoms with van der Waals surface area (Å²) >= 11 is 5.36. The first-order valence-corrected chi connectivity index (χ1v) is 7.77. The quantitative estimate of drug-likeness (QED) is 0.774. The first kappa shape index (κ1) is 15.2. The van der Waals surface area contributed by atoms with Crippen LogP contribution in [0.5, 0.6) is 0 Å². The number of nitrogens with one attached hydrogen (secondary N) is 1. The first-order valence-electron chi connectivity index (χ1n) is 6.16. The Bertz CT molecular complexity index is 316. The van der Waals surface area contributed by atoms with Gasteiger partial charge in [0.25, 0.3) is 0 Å². The molecule has 1 aromatic rings. The van der Waals surface area contributed by atoms with Gasteiger partial charge in [-0.15, -0.1) is 11.3 Å². The number of hydrogen-bond acceptors (Lipinski definition) is 3. The van der Waals surface area contributed by atoms with Gasteiger partial charge in [0.2, 0.25) is 0 Å². The third-order valence-corrected chi connectivity index (χ3v) is 4.57. The number of hydrogen-bond donors (Lipinski definition) is 1. The Kier molecular flexibility index (Phi) is 7.35. The van der Waals surface area contributed by atoms with E-state index in [1.54, 1.807) is 7.11 Å². The van der Waals surface area contributed by atoms with Gasteiger partial charge in [0.15, 0.2) is 0 Å². The molecule has 1 N–H and O–H groups in total. The summed E-state index contributed by atoms with van der Waals surface area (Å²) in [6.45, 7) is 6.39. The summed E-state index contributed by atoms with van der Waals surface area (Å²) in [7, 11) is 1.77. The number of rotatable bonds is 8. The van der Waals surface area contributed by atoms with E-state index >= 15 is 0 Å². The van der Waals surface area contributed by atoms with Crippen molar-refractivity contribution in [2.75, 3.05) is 20.3 Å². The van der Waals surface area contributed by atoms with Crippen molar-refractivity contribution < 1.29 is 4.74 Å². The van der Waals surface area contributed by atoms with Gasteiger partial charge in [-0.05, 0) is 53.4 Å². The third-order valence-electron chi connectivity index (χ3n) is 2.86. The topological polar surface area (TPSA) is 21.3 Å². The minimum Gasteiger partial charge on any atom is -0.385 e. The number of methoxy groups -OCH3 is 1. The lowest BCUT2D eigenvalue weighted by Crippen LogP contribution is -2.27. The lowest BCUT2D eigenvalue weighted by molar-refractivity contribution is 0.170. The SMILES string of the molecule is CCCNC(c1ccc(Br)s1)C(C)CCOC. The van der Waals surface area contributed by atoms with E-state index in [1.165, 1.54) is 15.1 Å². The summed E-state index contributed by atoms with van der Waals surface area (Å²) in [6, 6.07) is 4.79. The van der Waals surface area contributed by atoms with Crippen LogP contribution in [0, 0.1) is 5.92 Å². The van der Waals surface area contributed by atoms with E-state index in [2.05, 4.69) is 47.2 Å². The van der Waals surface area contributed by atoms with Crippen molar-refractivity contribution >= 4 is 27.3 Å². The monoisotopic (exact) mass is 319 g/mol. The van der Waals surface area contributed by atoms with E-state index in [-0.39, 0.29) is 0 Å². The summed E-state index contributed by atoms with van der Waals surface area (Å²) in [4.78, 5) is 1.41. The van der Waals surface area contributed by atoms with Crippen LogP contribution in [0.15, 0.2) is 15.9 Å². The number of ether oxygens (including phenoxy) is 1. The van der Waals surface area contributed by atoms with E-state index in [1.807, 2.05) is 11.3 Å². The second-order valence-corrected chi connectivity index (χ2v) is 6.83. The van der Waals surface area contributed by atoms with Crippen molar-refractivity contribution in [2.45, 2.75) is 32.7 Å². The maximum Gasteiger partial charge on any atom is 0.0701 e. The highest BCUT2D eigenvalue weighted by molar-refractivity contribution is 9.11. The zero-order chi connectivity index (χ0) is 12.7. The van der Waals surface area contributed by atoms with Crippen molar-refractivity contribution in [3.63, 3.8) is 0 Å². The van der Waals surface area contributed by atoms with Gasteiger partial charge in [0.1, 0.15) is 0 Å². The Morgan fingerprint density at radius 3 is 2.76 bits per heavy atom. The Morgan fingerprint density at radius 2 is 2.24 bits per heavy atom. The average Bonchev–Trinajstić information content (AvgIpc) is 2.73. The van der Waals surface area contributed by atoms with Crippen LogP contribution in [-0.4, -0.2) is 20.3 Å². The molecule has 0 aliphatic heterocycles. The maximum absolute atomic E-state index is 5.17. The normalized spacial score (nSPS) is 14.8. The van der Waals surface area contributed by atoms with E-state index in [4.69, 9.17) is 4.74 Å². The molecule has 17 heavy (non-hydrogen) atoms. The molecule has 0 aliphatic carbocycles. The average molecular weight is 320 g/mol. The zero-order valence-corrected chi connectivity index (χ0v) is 13.2. The second kappa shape index (κ2) is 8.25. The van der Waals surface area contributed by atoms with E-state index in [0.29, 0.717) is 12.0 Å². The highest BCUT2D eigenvalue weighted by atomic mass is 79.9. The highest BCUT2D eigenvalue weighted by Crippen LogP contribution is 2.32. The van der Waals surface area contributed by atoms with Crippen molar-refractivity contribution in [1.82, 2.24) is 5.32 Å². The molecule has 0 aromatic carbocycles. The number of thiophene rings is 1. The van der Waals surface area contributed by atoms with Gasteiger partial charge in [0, 0.05) is 24.6 Å². The fourth-order valence-electron chi connectivity index (χ4n) is 1.85. The van der Waals surface area contributed by atoms with Gasteiger partial charge >= 0.3 is 0 Å². The van der Waals surface area contributed by atoms with Gasteiger partial charge in [0.05, 0.1) is 3.79 Å². The summed E-state index contributed by atoms with van der Waals surface area (Å²) in [5.74, 6) is 0.590. The largest absolute Gasteiger partial charge is 0.385 e. The summed E-state index contributed by atoms with van der Waals surface area (Å²) in [6.07, 6.45) is 2.26. The van der Waals surface area contributed by atoms with Gasteiger partial charge < -0.3 is 10.1 Å². The molecule has 0 saturated heterocycles. The fraction of sp³-hybridized carbons (Fsp3) is 0.692. The molecule has 0 bridgehead atoms. The maximum atomic E-state index is 5.17. The molecule has 0 fully saturated rings. The van der Waals surface area contributed by atoms with Crippen LogP contribution in [0.25, 0.3) is 0 Å². The molecule has 0 aliphatic rings. The summed E-state index contributed by atoms with van der Waals surface area (Å²) in [5.41, 5.74) is 0. The van der Waals surface area contributed by atoms with Crippen molar-refractivity contribution in [3.8, 4) is 0 Å². The van der Waals surface area contributed by atoms with Crippen LogP contribution >= 0.6 is 27.3 Å². The second-order valence-electron chi connectivity index (χ2n) is 4.33. The molecule has 0 saturated carbocycles. The van der Waals surface area contributed by atoms with Gasteiger partial charge in [-0.3, -0.25) is 0 Å². The smallest absolute Gasteiger partial charge is 0.0701 e. The van der Waals surface area contributed by atoms with Crippen LogP contribution in [0.4, 0.5) is 0 Å². The lowest BCUT2D eigenvalue weighted by Gasteiger charge is -2.24. The van der Waals surface area contributed by atoms with E-state index in [9.17, 15) is 0 Å². The predicted octanol–water partition coefficient (Wildman–Crippen LogP) is 4.22. The molecule has 1 aromatic heterocycles. The summed E-state index contributed by atoms with van der Waals surface area (Å²) < 4.78 is 6.38. The fourth-order valence-corrected chi connectivity index (χ4v) is 3.48. The zero-order valence-electron chi connectivity index (χ0n) is 10.8. The Morgan fingerprint density at radius 1 is 1.47 bits per heavy atom. The molecule has 0 amide bonds. The molecule has 2 nitrogen and oxygen atoms in total. The Labute approximate surface area is 117 Å². The minimum absolute atomic E-state index is 0.446. The molecule has 0 radical (unpaired) electrons. The third kappa shape index (κ3) is 5.08. The molecule has 4 heteroatoms. The van der Waals surface area contributed by atoms with Crippen LogP contribution in [0.1, 0.15) is 37.6 Å². The lowest BCUT2D eigenvalue weighted by atomic mass is 9.97. The van der Waals surface area contributed by atoms with E-state index in [0.717, 1.165) is 19.6 Å². The van der Waals surface area contributed by atoms with Crippen molar-refractivity contribution in [1.29, 1.82) is 0 Å². The molecule has 1 rings (SSSR count). The first-order chi connectivity index (χ1) is 8.19. The van der Waals surface area contributed by atoms with Gasteiger partial charge in [-0.2, -0.15) is 0 Å². The van der Waals surface area contributed by atoms with Crippen molar-refractivity contribution in [2.24, 2.45) is 5.92 Å². The molecular formula is C13H22BrNOS. The Hall–Kier alpha value is 0.1000. The molecule has 2 atom stereocenters. The van der Waals surface area contributed by atoms with Gasteiger partial charge in [-0.1, -0.05) is 13.8 Å². The number of halogens is 1. The minimum atomic E-state index is 0.446. The summed E-state index contributed by atoms with van der Waals surface area (Å²) in [5, 5.41) is 3.64.